The smallest absolute Gasteiger partial charge is 0.295 e. The third-order valence-corrected chi connectivity index (χ3v) is 6.50. The summed E-state index contributed by atoms with van der Waals surface area (Å²) in [6.07, 6.45) is 0. The second kappa shape index (κ2) is 12.5. The molecule has 39 heavy (non-hydrogen) atoms. The van der Waals surface area contributed by atoms with Crippen LogP contribution in [0.2, 0.25) is 0 Å². The van der Waals surface area contributed by atoms with E-state index >= 15 is 0 Å². The van der Waals surface area contributed by atoms with Crippen molar-refractivity contribution in [3.63, 3.8) is 0 Å². The number of amides is 1. The van der Waals surface area contributed by atoms with Crippen LogP contribution >= 0.6 is 0 Å². The van der Waals surface area contributed by atoms with Gasteiger partial charge in [-0.1, -0.05) is 35.9 Å². The number of aliphatic hydroxyl groups is 1. The summed E-state index contributed by atoms with van der Waals surface area (Å²) in [6.45, 7) is 5.14. The van der Waals surface area contributed by atoms with E-state index in [0.29, 0.717) is 41.6 Å². The number of aliphatic hydroxyl groups excluding tert-OH is 1. The Bertz CT molecular complexity index is 1360. The van der Waals surface area contributed by atoms with E-state index in [9.17, 15) is 14.7 Å². The zero-order chi connectivity index (χ0) is 27.9. The maximum Gasteiger partial charge on any atom is 0.295 e. The van der Waals surface area contributed by atoms with E-state index in [1.165, 1.54) is 19.1 Å². The van der Waals surface area contributed by atoms with E-state index in [1.807, 2.05) is 32.0 Å². The number of likely N-dealkylation sites (tertiary alicyclic amines) is 1. The summed E-state index contributed by atoms with van der Waals surface area (Å²) >= 11 is 0. The summed E-state index contributed by atoms with van der Waals surface area (Å²) in [5.74, 6) is -0.121. The lowest BCUT2D eigenvalue weighted by Crippen LogP contribution is -2.32. The van der Waals surface area contributed by atoms with Crippen LogP contribution in [0, 0.1) is 6.92 Å². The van der Waals surface area contributed by atoms with Crippen LogP contribution in [0.15, 0.2) is 72.3 Å². The number of rotatable bonds is 11. The molecule has 1 unspecified atom stereocenters. The molecule has 0 radical (unpaired) electrons. The van der Waals surface area contributed by atoms with Crippen LogP contribution in [-0.2, 0) is 20.9 Å². The van der Waals surface area contributed by atoms with Gasteiger partial charge in [0, 0.05) is 19.2 Å². The van der Waals surface area contributed by atoms with Crippen LogP contribution in [-0.4, -0.2) is 55.7 Å². The van der Waals surface area contributed by atoms with Gasteiger partial charge in [0.15, 0.2) is 11.5 Å². The topological polar surface area (TPSA) is 94.5 Å². The van der Waals surface area contributed by atoms with Gasteiger partial charge in [0.2, 0.25) is 0 Å². The lowest BCUT2D eigenvalue weighted by atomic mass is 9.95. The molecule has 0 bridgehead atoms. The van der Waals surface area contributed by atoms with E-state index in [4.69, 9.17) is 18.9 Å². The van der Waals surface area contributed by atoms with Gasteiger partial charge in [-0.05, 0) is 61.4 Å². The van der Waals surface area contributed by atoms with Crippen LogP contribution in [0.5, 0.6) is 17.2 Å². The quantitative estimate of drug-likeness (QED) is 0.210. The molecule has 1 saturated heterocycles. The molecule has 0 saturated carbocycles. The number of methoxy groups -OCH3 is 2. The van der Waals surface area contributed by atoms with Crippen molar-refractivity contribution < 1.29 is 33.6 Å². The van der Waals surface area contributed by atoms with Gasteiger partial charge in [-0.15, -0.1) is 0 Å². The molecule has 1 fully saturated rings. The first kappa shape index (κ1) is 27.7. The number of benzene rings is 3. The average Bonchev–Trinajstić information content (AvgIpc) is 3.20. The van der Waals surface area contributed by atoms with E-state index in [2.05, 4.69) is 6.07 Å². The Kier molecular flexibility index (Phi) is 8.88. The number of hydrogen-bond donors (Lipinski definition) is 1. The SMILES string of the molecule is CCOc1ccc(C2/C(=C(/O)c3ccc(OCc4cccc(C)c4)cc3)C(=O)C(=O)N2CCOC)cc1OC. The summed E-state index contributed by atoms with van der Waals surface area (Å²) in [7, 11) is 3.04. The van der Waals surface area contributed by atoms with Gasteiger partial charge in [-0.25, -0.2) is 0 Å². The van der Waals surface area contributed by atoms with Gasteiger partial charge in [-0.2, -0.15) is 0 Å². The molecular weight excluding hydrogens is 498 g/mol. The van der Waals surface area contributed by atoms with Crippen molar-refractivity contribution in [1.82, 2.24) is 4.90 Å². The molecular formula is C31H33NO7. The molecule has 3 aromatic carbocycles. The minimum Gasteiger partial charge on any atom is -0.507 e. The van der Waals surface area contributed by atoms with E-state index in [1.54, 1.807) is 42.5 Å². The molecule has 0 aliphatic carbocycles. The molecule has 8 heteroatoms. The van der Waals surface area contributed by atoms with Crippen LogP contribution in [0.25, 0.3) is 5.76 Å². The average molecular weight is 532 g/mol. The van der Waals surface area contributed by atoms with Crippen LogP contribution in [0.3, 0.4) is 0 Å². The Morgan fingerprint density at radius 2 is 1.72 bits per heavy atom. The van der Waals surface area contributed by atoms with Crippen LogP contribution < -0.4 is 14.2 Å². The molecule has 8 nitrogen and oxygen atoms in total. The van der Waals surface area contributed by atoms with Crippen molar-refractivity contribution >= 4 is 17.4 Å². The highest BCUT2D eigenvalue weighted by Crippen LogP contribution is 2.42. The fourth-order valence-electron chi connectivity index (χ4n) is 4.61. The Hall–Kier alpha value is -4.30. The lowest BCUT2D eigenvalue weighted by Gasteiger charge is -2.25. The summed E-state index contributed by atoms with van der Waals surface area (Å²) < 4.78 is 22.2. The Balaban J connectivity index is 1.68. The van der Waals surface area contributed by atoms with Gasteiger partial charge in [0.25, 0.3) is 11.7 Å². The van der Waals surface area contributed by atoms with Gasteiger partial charge in [0.05, 0.1) is 31.9 Å². The minimum atomic E-state index is -0.832. The first-order chi connectivity index (χ1) is 18.9. The Morgan fingerprint density at radius 1 is 0.949 bits per heavy atom. The second-order valence-electron chi connectivity index (χ2n) is 9.13. The number of aryl methyl sites for hydroxylation is 1. The zero-order valence-electron chi connectivity index (χ0n) is 22.6. The number of ketones is 1. The first-order valence-electron chi connectivity index (χ1n) is 12.7. The largest absolute Gasteiger partial charge is 0.507 e. The molecule has 1 N–H and O–H groups in total. The maximum atomic E-state index is 13.2. The van der Waals surface area contributed by atoms with E-state index < -0.39 is 17.7 Å². The third-order valence-electron chi connectivity index (χ3n) is 6.50. The molecule has 1 atom stereocenters. The maximum absolute atomic E-state index is 13.2. The van der Waals surface area contributed by atoms with E-state index in [0.717, 1.165) is 11.1 Å². The predicted molar refractivity (Wildman–Crippen MR) is 147 cm³/mol. The number of carbonyl (C=O) groups is 2. The summed E-state index contributed by atoms with van der Waals surface area (Å²) in [5, 5.41) is 11.3. The number of nitrogens with zero attached hydrogens (tertiary/aromatic N) is 1. The molecule has 1 heterocycles. The first-order valence-corrected chi connectivity index (χ1v) is 12.7. The highest BCUT2D eigenvalue weighted by Gasteiger charge is 2.46. The summed E-state index contributed by atoms with van der Waals surface area (Å²) in [6, 6.07) is 19.2. The number of hydrogen-bond acceptors (Lipinski definition) is 7. The van der Waals surface area contributed by atoms with Crippen LogP contribution in [0.1, 0.15) is 35.2 Å². The molecule has 4 rings (SSSR count). The van der Waals surface area contributed by atoms with Crippen molar-refractivity contribution in [1.29, 1.82) is 0 Å². The molecule has 3 aromatic rings. The fraction of sp³-hybridized carbons (Fsp3) is 0.290. The van der Waals surface area contributed by atoms with Gasteiger partial charge in [0.1, 0.15) is 18.1 Å². The normalized spacial score (nSPS) is 16.4. The summed E-state index contributed by atoms with van der Waals surface area (Å²) in [5.41, 5.74) is 3.19. The monoisotopic (exact) mass is 531 g/mol. The molecule has 0 spiro atoms. The van der Waals surface area contributed by atoms with Crippen molar-refractivity contribution in [2.24, 2.45) is 0 Å². The molecule has 1 aliphatic heterocycles. The number of Topliss-reactive ketones (excluding diaryl/α,β-unsaturated/α-hetero) is 1. The zero-order valence-corrected chi connectivity index (χ0v) is 22.6. The van der Waals surface area contributed by atoms with Crippen molar-refractivity contribution in [2.45, 2.75) is 26.5 Å². The van der Waals surface area contributed by atoms with Gasteiger partial charge >= 0.3 is 0 Å². The fourth-order valence-corrected chi connectivity index (χ4v) is 4.61. The lowest BCUT2D eigenvalue weighted by molar-refractivity contribution is -0.140. The third kappa shape index (κ3) is 6.07. The highest BCUT2D eigenvalue weighted by atomic mass is 16.5. The highest BCUT2D eigenvalue weighted by molar-refractivity contribution is 6.46. The Morgan fingerprint density at radius 3 is 2.38 bits per heavy atom. The standard InChI is InChI=1S/C31H33NO7/c1-5-38-25-14-11-23(18-26(25)37-4)28-27(30(34)31(35)32(28)15-16-36-3)29(33)22-9-12-24(13-10-22)39-19-21-8-6-7-20(2)17-21/h6-14,17-18,28,33H,5,15-16,19H2,1-4H3/b29-27-. The van der Waals surface area contributed by atoms with Crippen LogP contribution in [0.4, 0.5) is 0 Å². The van der Waals surface area contributed by atoms with E-state index in [-0.39, 0.29) is 24.5 Å². The predicted octanol–water partition coefficient (Wildman–Crippen LogP) is 5.05. The molecule has 1 aliphatic rings. The molecule has 0 aromatic heterocycles. The van der Waals surface area contributed by atoms with Gasteiger partial charge in [-0.3, -0.25) is 9.59 Å². The van der Waals surface area contributed by atoms with Crippen molar-refractivity contribution in [3.05, 3.63) is 94.6 Å². The van der Waals surface area contributed by atoms with Crippen molar-refractivity contribution in [2.75, 3.05) is 34.0 Å². The summed E-state index contributed by atoms with van der Waals surface area (Å²) in [4.78, 5) is 27.7. The van der Waals surface area contributed by atoms with Crippen molar-refractivity contribution in [3.8, 4) is 17.2 Å². The minimum absolute atomic E-state index is 0.00394. The Labute approximate surface area is 228 Å². The second-order valence-corrected chi connectivity index (χ2v) is 9.13. The number of carbonyl (C=O) groups excluding carboxylic acids is 2. The number of ether oxygens (including phenoxy) is 4. The van der Waals surface area contributed by atoms with Gasteiger partial charge < -0.3 is 29.0 Å². The molecule has 204 valence electrons. The molecule has 1 amide bonds.